The van der Waals surface area contributed by atoms with Gasteiger partial charge in [0.15, 0.2) is 5.78 Å². The van der Waals surface area contributed by atoms with Crippen molar-refractivity contribution in [2.45, 2.75) is 39.2 Å². The maximum absolute atomic E-state index is 12.4. The Bertz CT molecular complexity index is 425. The summed E-state index contributed by atoms with van der Waals surface area (Å²) in [5.41, 5.74) is 0.739. The van der Waals surface area contributed by atoms with Crippen LogP contribution >= 0.6 is 27.7 Å². The van der Waals surface area contributed by atoms with E-state index in [1.165, 1.54) is 24.3 Å². The minimum Gasteiger partial charge on any atom is -0.292 e. The van der Waals surface area contributed by atoms with Crippen LogP contribution in [0.5, 0.6) is 0 Å². The Kier molecular flexibility index (Phi) is 4.90. The number of nitrogens with zero attached hydrogens (tertiary/aromatic N) is 2. The van der Waals surface area contributed by atoms with Crippen LogP contribution in [0.25, 0.3) is 0 Å². The Labute approximate surface area is 121 Å². The van der Waals surface area contributed by atoms with Crippen LogP contribution in [0.2, 0.25) is 0 Å². The van der Waals surface area contributed by atoms with Crippen molar-refractivity contribution >= 4 is 33.5 Å². The predicted octanol–water partition coefficient (Wildman–Crippen LogP) is 3.94. The second-order valence-electron chi connectivity index (χ2n) is 5.06. The average molecular weight is 331 g/mol. The molecular weight excluding hydrogens is 312 g/mol. The minimum atomic E-state index is 0.220. The molecule has 5 heteroatoms. The van der Waals surface area contributed by atoms with Gasteiger partial charge >= 0.3 is 0 Å². The van der Waals surface area contributed by atoms with E-state index in [2.05, 4.69) is 21.0 Å². The van der Waals surface area contributed by atoms with Crippen molar-refractivity contribution in [1.82, 2.24) is 9.78 Å². The molecule has 1 aliphatic heterocycles. The Morgan fingerprint density at radius 1 is 1.56 bits per heavy atom. The standard InChI is InChI=1S/C13H19BrN2OS/c1-9(2)16-13(11(14)8-15-16)12(17)7-10-3-5-18-6-4-10/h8-10H,3-7H2,1-2H3. The Morgan fingerprint density at radius 2 is 2.22 bits per heavy atom. The van der Waals surface area contributed by atoms with Crippen molar-refractivity contribution < 1.29 is 4.79 Å². The maximum atomic E-state index is 12.4. The van der Waals surface area contributed by atoms with E-state index in [9.17, 15) is 4.79 Å². The molecule has 100 valence electrons. The summed E-state index contributed by atoms with van der Waals surface area (Å²) in [4.78, 5) is 12.4. The van der Waals surface area contributed by atoms with Crippen molar-refractivity contribution in [3.8, 4) is 0 Å². The monoisotopic (exact) mass is 330 g/mol. The van der Waals surface area contributed by atoms with Crippen LogP contribution in [0.1, 0.15) is 49.6 Å². The third-order valence-corrected chi connectivity index (χ3v) is 4.95. The molecule has 0 spiro atoms. The number of aromatic nitrogens is 2. The largest absolute Gasteiger partial charge is 0.292 e. The number of carbonyl (C=O) groups excluding carboxylic acids is 1. The molecule has 3 nitrogen and oxygen atoms in total. The van der Waals surface area contributed by atoms with Crippen LogP contribution in [0.4, 0.5) is 0 Å². The minimum absolute atomic E-state index is 0.220. The molecule has 0 N–H and O–H groups in total. The molecule has 0 radical (unpaired) electrons. The van der Waals surface area contributed by atoms with E-state index in [1.54, 1.807) is 6.20 Å². The summed E-state index contributed by atoms with van der Waals surface area (Å²) in [5, 5.41) is 4.27. The first-order valence-corrected chi connectivity index (χ1v) is 8.38. The normalized spacial score (nSPS) is 17.3. The lowest BCUT2D eigenvalue weighted by atomic mass is 9.95. The third kappa shape index (κ3) is 3.18. The van der Waals surface area contributed by atoms with Gasteiger partial charge in [-0.15, -0.1) is 0 Å². The average Bonchev–Trinajstić information content (AvgIpc) is 2.72. The van der Waals surface area contributed by atoms with Crippen LogP contribution in [0.3, 0.4) is 0 Å². The van der Waals surface area contributed by atoms with E-state index in [0.717, 1.165) is 10.2 Å². The van der Waals surface area contributed by atoms with Crippen molar-refractivity contribution in [1.29, 1.82) is 0 Å². The topological polar surface area (TPSA) is 34.9 Å². The predicted molar refractivity (Wildman–Crippen MR) is 79.3 cm³/mol. The van der Waals surface area contributed by atoms with Gasteiger partial charge in [0.1, 0.15) is 5.69 Å². The summed E-state index contributed by atoms with van der Waals surface area (Å²) in [6.07, 6.45) is 4.73. The fraction of sp³-hybridized carbons (Fsp3) is 0.692. The molecule has 0 atom stereocenters. The highest BCUT2D eigenvalue weighted by molar-refractivity contribution is 9.10. The Hall–Kier alpha value is -0.290. The van der Waals surface area contributed by atoms with Gasteiger partial charge in [-0.05, 0) is 60.0 Å². The highest BCUT2D eigenvalue weighted by atomic mass is 79.9. The van der Waals surface area contributed by atoms with Gasteiger partial charge in [0.05, 0.1) is 10.7 Å². The van der Waals surface area contributed by atoms with Gasteiger partial charge in [-0.2, -0.15) is 16.9 Å². The molecule has 0 bridgehead atoms. The number of halogens is 1. The van der Waals surface area contributed by atoms with Gasteiger partial charge < -0.3 is 0 Å². The van der Waals surface area contributed by atoms with Crippen LogP contribution < -0.4 is 0 Å². The van der Waals surface area contributed by atoms with Crippen LogP contribution in [0, 0.1) is 5.92 Å². The Morgan fingerprint density at radius 3 is 2.83 bits per heavy atom. The van der Waals surface area contributed by atoms with E-state index in [1.807, 2.05) is 30.3 Å². The molecule has 0 aromatic carbocycles. The number of hydrogen-bond acceptors (Lipinski definition) is 3. The molecular formula is C13H19BrN2OS. The molecule has 0 aliphatic carbocycles. The molecule has 0 saturated carbocycles. The molecule has 0 amide bonds. The molecule has 18 heavy (non-hydrogen) atoms. The fourth-order valence-corrected chi connectivity index (χ4v) is 4.00. The van der Waals surface area contributed by atoms with Crippen molar-refractivity contribution in [3.63, 3.8) is 0 Å². The second kappa shape index (κ2) is 6.24. The van der Waals surface area contributed by atoms with Gasteiger partial charge in [-0.3, -0.25) is 9.48 Å². The summed E-state index contributed by atoms with van der Waals surface area (Å²) in [6, 6.07) is 0.220. The van der Waals surface area contributed by atoms with E-state index >= 15 is 0 Å². The van der Waals surface area contributed by atoms with Crippen molar-refractivity contribution in [2.24, 2.45) is 5.92 Å². The number of ketones is 1. The summed E-state index contributed by atoms with van der Waals surface area (Å²) in [6.45, 7) is 4.10. The zero-order chi connectivity index (χ0) is 13.1. The fourth-order valence-electron chi connectivity index (χ4n) is 2.30. The number of carbonyl (C=O) groups is 1. The quantitative estimate of drug-likeness (QED) is 0.784. The van der Waals surface area contributed by atoms with Gasteiger partial charge in [0, 0.05) is 12.5 Å². The molecule has 1 aromatic heterocycles. The van der Waals surface area contributed by atoms with Crippen molar-refractivity contribution in [3.05, 3.63) is 16.4 Å². The lowest BCUT2D eigenvalue weighted by Gasteiger charge is -2.21. The van der Waals surface area contributed by atoms with E-state index < -0.39 is 0 Å². The van der Waals surface area contributed by atoms with E-state index in [-0.39, 0.29) is 11.8 Å². The lowest BCUT2D eigenvalue weighted by molar-refractivity contribution is 0.0945. The smallest absolute Gasteiger partial charge is 0.182 e. The number of hydrogen-bond donors (Lipinski definition) is 0. The SMILES string of the molecule is CC(C)n1ncc(Br)c1C(=O)CC1CCSCC1. The van der Waals surface area contributed by atoms with E-state index in [4.69, 9.17) is 0 Å². The summed E-state index contributed by atoms with van der Waals surface area (Å²) < 4.78 is 2.65. The Balaban J connectivity index is 2.10. The molecule has 2 rings (SSSR count). The highest BCUT2D eigenvalue weighted by Crippen LogP contribution is 2.28. The first-order chi connectivity index (χ1) is 8.59. The molecule has 2 heterocycles. The zero-order valence-corrected chi connectivity index (χ0v) is 13.3. The second-order valence-corrected chi connectivity index (χ2v) is 7.14. The lowest BCUT2D eigenvalue weighted by Crippen LogP contribution is -2.18. The third-order valence-electron chi connectivity index (χ3n) is 3.32. The number of thioether (sulfide) groups is 1. The van der Waals surface area contributed by atoms with Crippen LogP contribution in [-0.2, 0) is 0 Å². The first-order valence-electron chi connectivity index (χ1n) is 6.43. The van der Waals surface area contributed by atoms with Crippen LogP contribution in [-0.4, -0.2) is 27.1 Å². The molecule has 1 aliphatic rings. The first kappa shape index (κ1) is 14.1. The maximum Gasteiger partial charge on any atom is 0.182 e. The van der Waals surface area contributed by atoms with Crippen LogP contribution in [0.15, 0.2) is 10.7 Å². The number of Topliss-reactive ketones (excluding diaryl/α,β-unsaturated/α-hetero) is 1. The van der Waals surface area contributed by atoms with Gasteiger partial charge in [-0.25, -0.2) is 0 Å². The number of rotatable bonds is 4. The molecule has 1 aromatic rings. The highest BCUT2D eigenvalue weighted by Gasteiger charge is 2.23. The van der Waals surface area contributed by atoms with Crippen molar-refractivity contribution in [2.75, 3.05) is 11.5 Å². The summed E-state index contributed by atoms with van der Waals surface area (Å²) >= 11 is 5.44. The zero-order valence-electron chi connectivity index (χ0n) is 10.9. The summed E-state index contributed by atoms with van der Waals surface area (Å²) in [5.74, 6) is 3.18. The van der Waals surface area contributed by atoms with Gasteiger partial charge in [0.25, 0.3) is 0 Å². The molecule has 1 fully saturated rings. The van der Waals surface area contributed by atoms with Gasteiger partial charge in [-0.1, -0.05) is 0 Å². The molecule has 1 saturated heterocycles. The summed E-state index contributed by atoms with van der Waals surface area (Å²) in [7, 11) is 0. The van der Waals surface area contributed by atoms with Gasteiger partial charge in [0.2, 0.25) is 0 Å². The van der Waals surface area contributed by atoms with E-state index in [0.29, 0.717) is 12.3 Å². The molecule has 0 unspecified atom stereocenters.